The number of carbonyl (C=O) groups is 1. The van der Waals surface area contributed by atoms with Crippen molar-refractivity contribution >= 4 is 21.8 Å². The summed E-state index contributed by atoms with van der Waals surface area (Å²) in [7, 11) is 1.61. The van der Waals surface area contributed by atoms with E-state index in [1.54, 1.807) is 19.2 Å². The van der Waals surface area contributed by atoms with Crippen molar-refractivity contribution in [3.05, 3.63) is 34.3 Å². The lowest BCUT2D eigenvalue weighted by atomic mass is 10.2. The predicted molar refractivity (Wildman–Crippen MR) is 70.9 cm³/mol. The molecule has 1 unspecified atom stereocenters. The molecule has 0 saturated carbocycles. The average molecular weight is 314 g/mol. The first-order valence-electron chi connectivity index (χ1n) is 5.99. The Bertz CT molecular complexity index is 401. The standard InChI is InChI=1S/C13H16BrNO3/c1-15(18-12-4-2-3-9-17-12)13(16)10-5-7-11(14)8-6-10/h5-8,12H,2-4,9H2,1H3. The smallest absolute Gasteiger partial charge is 0.277 e. The molecule has 1 fully saturated rings. The van der Waals surface area contributed by atoms with E-state index in [1.165, 1.54) is 5.06 Å². The summed E-state index contributed by atoms with van der Waals surface area (Å²) in [6.07, 6.45) is 2.66. The van der Waals surface area contributed by atoms with Gasteiger partial charge in [0.25, 0.3) is 5.91 Å². The normalized spacial score (nSPS) is 19.6. The van der Waals surface area contributed by atoms with Crippen LogP contribution in [-0.4, -0.2) is 30.9 Å². The van der Waals surface area contributed by atoms with Crippen LogP contribution in [0.5, 0.6) is 0 Å². The maximum atomic E-state index is 12.1. The lowest BCUT2D eigenvalue weighted by Crippen LogP contribution is -2.34. The highest BCUT2D eigenvalue weighted by molar-refractivity contribution is 9.10. The predicted octanol–water partition coefficient (Wildman–Crippen LogP) is 2.98. The molecule has 0 spiro atoms. The second-order valence-electron chi connectivity index (χ2n) is 4.21. The van der Waals surface area contributed by atoms with Crippen LogP contribution in [0, 0.1) is 0 Å². The largest absolute Gasteiger partial charge is 0.350 e. The summed E-state index contributed by atoms with van der Waals surface area (Å²) in [6.45, 7) is 0.699. The average Bonchev–Trinajstić information content (AvgIpc) is 2.40. The van der Waals surface area contributed by atoms with Crippen LogP contribution in [0.3, 0.4) is 0 Å². The second-order valence-corrected chi connectivity index (χ2v) is 5.13. The highest BCUT2D eigenvalue weighted by Gasteiger charge is 2.20. The Morgan fingerprint density at radius 2 is 2.11 bits per heavy atom. The van der Waals surface area contributed by atoms with Crippen LogP contribution in [0.1, 0.15) is 29.6 Å². The van der Waals surface area contributed by atoms with E-state index in [0.717, 1.165) is 23.7 Å². The van der Waals surface area contributed by atoms with Crippen molar-refractivity contribution in [2.45, 2.75) is 25.6 Å². The minimum absolute atomic E-state index is 0.170. The lowest BCUT2D eigenvalue weighted by molar-refractivity contribution is -0.258. The second kappa shape index (κ2) is 6.31. The molecule has 0 aliphatic carbocycles. The zero-order valence-corrected chi connectivity index (χ0v) is 11.9. The maximum absolute atomic E-state index is 12.1. The lowest BCUT2D eigenvalue weighted by Gasteiger charge is -2.26. The number of halogens is 1. The van der Waals surface area contributed by atoms with Crippen LogP contribution < -0.4 is 0 Å². The number of ether oxygens (including phenoxy) is 1. The molecule has 1 atom stereocenters. The van der Waals surface area contributed by atoms with Crippen LogP contribution in [0.4, 0.5) is 0 Å². The van der Waals surface area contributed by atoms with E-state index in [2.05, 4.69) is 15.9 Å². The molecule has 98 valence electrons. The van der Waals surface area contributed by atoms with Crippen molar-refractivity contribution in [1.82, 2.24) is 5.06 Å². The first kappa shape index (κ1) is 13.5. The zero-order valence-electron chi connectivity index (χ0n) is 10.3. The molecule has 0 aromatic heterocycles. The summed E-state index contributed by atoms with van der Waals surface area (Å²) in [5.74, 6) is -0.170. The number of nitrogens with zero attached hydrogens (tertiary/aromatic N) is 1. The molecule has 18 heavy (non-hydrogen) atoms. The Morgan fingerprint density at radius 1 is 1.39 bits per heavy atom. The van der Waals surface area contributed by atoms with E-state index >= 15 is 0 Å². The van der Waals surface area contributed by atoms with Gasteiger partial charge in [-0.05, 0) is 37.1 Å². The fraction of sp³-hybridized carbons (Fsp3) is 0.462. The van der Waals surface area contributed by atoms with Gasteiger partial charge in [-0.25, -0.2) is 9.90 Å². The molecule has 1 heterocycles. The maximum Gasteiger partial charge on any atom is 0.277 e. The van der Waals surface area contributed by atoms with Gasteiger partial charge in [-0.2, -0.15) is 0 Å². The van der Waals surface area contributed by atoms with Crippen molar-refractivity contribution in [2.24, 2.45) is 0 Å². The van der Waals surface area contributed by atoms with Crippen molar-refractivity contribution in [2.75, 3.05) is 13.7 Å². The Labute approximate surface area is 115 Å². The Kier molecular flexibility index (Phi) is 4.74. The highest BCUT2D eigenvalue weighted by atomic mass is 79.9. The molecule has 1 amide bonds. The Balaban J connectivity index is 1.93. The van der Waals surface area contributed by atoms with Gasteiger partial charge in [0, 0.05) is 30.1 Å². The number of hydrogen-bond donors (Lipinski definition) is 0. The summed E-state index contributed by atoms with van der Waals surface area (Å²) in [4.78, 5) is 17.5. The monoisotopic (exact) mass is 313 g/mol. The summed E-state index contributed by atoms with van der Waals surface area (Å²) >= 11 is 3.34. The summed E-state index contributed by atoms with van der Waals surface area (Å²) < 4.78 is 6.37. The molecule has 5 heteroatoms. The van der Waals surface area contributed by atoms with Crippen molar-refractivity contribution < 1.29 is 14.4 Å². The molecule has 1 aliphatic rings. The molecule has 1 aromatic rings. The van der Waals surface area contributed by atoms with E-state index in [9.17, 15) is 4.79 Å². The zero-order chi connectivity index (χ0) is 13.0. The highest BCUT2D eigenvalue weighted by Crippen LogP contribution is 2.16. The van der Waals surface area contributed by atoms with Gasteiger partial charge < -0.3 is 4.74 Å². The molecule has 4 nitrogen and oxygen atoms in total. The molecule has 1 aliphatic heterocycles. The third kappa shape index (κ3) is 3.54. The Morgan fingerprint density at radius 3 is 2.72 bits per heavy atom. The molecule has 2 rings (SSSR count). The van der Waals surface area contributed by atoms with Crippen molar-refractivity contribution in [3.63, 3.8) is 0 Å². The number of hydroxylamine groups is 2. The Hall–Kier alpha value is -0.910. The molecule has 1 aromatic carbocycles. The topological polar surface area (TPSA) is 38.8 Å². The summed E-state index contributed by atoms with van der Waals surface area (Å²) in [6, 6.07) is 7.18. The fourth-order valence-electron chi connectivity index (χ4n) is 1.79. The van der Waals surface area contributed by atoms with Gasteiger partial charge in [0.2, 0.25) is 0 Å². The van der Waals surface area contributed by atoms with Gasteiger partial charge in [-0.3, -0.25) is 4.79 Å². The van der Waals surface area contributed by atoms with Gasteiger partial charge >= 0.3 is 0 Å². The van der Waals surface area contributed by atoms with E-state index < -0.39 is 0 Å². The fourth-order valence-corrected chi connectivity index (χ4v) is 2.06. The molecule has 0 bridgehead atoms. The van der Waals surface area contributed by atoms with Gasteiger partial charge in [0.15, 0.2) is 6.29 Å². The van der Waals surface area contributed by atoms with Gasteiger partial charge in [0.05, 0.1) is 0 Å². The summed E-state index contributed by atoms with van der Waals surface area (Å²) in [5, 5.41) is 1.25. The van der Waals surface area contributed by atoms with Crippen molar-refractivity contribution in [1.29, 1.82) is 0 Å². The number of amides is 1. The van der Waals surface area contributed by atoms with Crippen LogP contribution >= 0.6 is 15.9 Å². The van der Waals surface area contributed by atoms with E-state index in [-0.39, 0.29) is 12.2 Å². The van der Waals surface area contributed by atoms with Crippen LogP contribution in [0.2, 0.25) is 0 Å². The quantitative estimate of drug-likeness (QED) is 0.805. The number of rotatable bonds is 3. The SMILES string of the molecule is CN(OC1CCCCO1)C(=O)c1ccc(Br)cc1. The van der Waals surface area contributed by atoms with Gasteiger partial charge in [-0.1, -0.05) is 15.9 Å². The first-order chi connectivity index (χ1) is 8.66. The number of carbonyl (C=O) groups excluding carboxylic acids is 1. The van der Waals surface area contributed by atoms with Crippen molar-refractivity contribution in [3.8, 4) is 0 Å². The number of benzene rings is 1. The third-order valence-corrected chi connectivity index (χ3v) is 3.32. The van der Waals surface area contributed by atoms with Crippen LogP contribution in [0.15, 0.2) is 28.7 Å². The third-order valence-electron chi connectivity index (χ3n) is 2.79. The van der Waals surface area contributed by atoms with Gasteiger partial charge in [0.1, 0.15) is 0 Å². The van der Waals surface area contributed by atoms with E-state index in [0.29, 0.717) is 12.2 Å². The molecule has 1 saturated heterocycles. The first-order valence-corrected chi connectivity index (χ1v) is 6.78. The minimum atomic E-state index is -0.303. The molecular weight excluding hydrogens is 298 g/mol. The van der Waals surface area contributed by atoms with Crippen LogP contribution in [0.25, 0.3) is 0 Å². The van der Waals surface area contributed by atoms with E-state index in [4.69, 9.17) is 9.57 Å². The molecule has 0 N–H and O–H groups in total. The van der Waals surface area contributed by atoms with Crippen LogP contribution in [-0.2, 0) is 9.57 Å². The minimum Gasteiger partial charge on any atom is -0.350 e. The van der Waals surface area contributed by atoms with Gasteiger partial charge in [-0.15, -0.1) is 0 Å². The number of hydrogen-bond acceptors (Lipinski definition) is 3. The summed E-state index contributed by atoms with van der Waals surface area (Å²) in [5.41, 5.74) is 0.594. The van der Waals surface area contributed by atoms with E-state index in [1.807, 2.05) is 12.1 Å². The molecule has 0 radical (unpaired) electrons. The molecular formula is C13H16BrNO3.